The number of benzene rings is 2. The van der Waals surface area contributed by atoms with Crippen molar-refractivity contribution in [2.24, 2.45) is 0 Å². The molecule has 7 heteroatoms. The topological polar surface area (TPSA) is 75.0 Å². The lowest BCUT2D eigenvalue weighted by Gasteiger charge is -2.34. The summed E-state index contributed by atoms with van der Waals surface area (Å²) in [5.41, 5.74) is 1.68. The number of nitrogens with zero attached hydrogens (tertiary/aromatic N) is 2. The van der Waals surface area contributed by atoms with Crippen molar-refractivity contribution in [3.8, 4) is 5.75 Å². The van der Waals surface area contributed by atoms with Gasteiger partial charge in [0.1, 0.15) is 11.3 Å². The molecule has 0 spiro atoms. The minimum absolute atomic E-state index is 0.0483. The average Bonchev–Trinajstić information content (AvgIpc) is 2.83. The lowest BCUT2D eigenvalue weighted by Crippen LogP contribution is -2.49. The number of hydrogen-bond acceptors (Lipinski definition) is 6. The molecule has 1 amide bonds. The van der Waals surface area contributed by atoms with E-state index in [1.54, 1.807) is 6.07 Å². The fraction of sp³-hybridized carbons (Fsp3) is 0.360. The molecule has 168 valence electrons. The molecular formula is C25H29N3O4. The maximum atomic E-state index is 12.9. The van der Waals surface area contributed by atoms with E-state index in [4.69, 9.17) is 9.15 Å². The van der Waals surface area contributed by atoms with Gasteiger partial charge in [-0.1, -0.05) is 25.1 Å². The highest BCUT2D eigenvalue weighted by Crippen LogP contribution is 2.21. The molecule has 1 saturated heterocycles. The standard InChI is InChI=1S/C25H29N3O4/c1-2-16-31-20-7-5-6-19(17-20)25(30)28-14-12-27(13-15-28)11-10-26-22-18-24(29)32-23-9-4-3-8-21(22)23/h3-9,17-18,26H,2,10-16H2,1H3. The van der Waals surface area contributed by atoms with Gasteiger partial charge in [-0.25, -0.2) is 4.79 Å². The second kappa shape index (κ2) is 10.3. The van der Waals surface area contributed by atoms with Crippen molar-refractivity contribution in [2.45, 2.75) is 13.3 Å². The number of para-hydroxylation sites is 1. The van der Waals surface area contributed by atoms with Crippen molar-refractivity contribution in [1.29, 1.82) is 0 Å². The van der Waals surface area contributed by atoms with Crippen molar-refractivity contribution in [3.05, 3.63) is 70.6 Å². The van der Waals surface area contributed by atoms with Gasteiger partial charge in [0.2, 0.25) is 0 Å². The molecule has 2 heterocycles. The van der Waals surface area contributed by atoms with Gasteiger partial charge in [0.25, 0.3) is 5.91 Å². The van der Waals surface area contributed by atoms with Gasteiger partial charge in [0.15, 0.2) is 0 Å². The third-order valence-corrected chi connectivity index (χ3v) is 5.61. The van der Waals surface area contributed by atoms with Crippen LogP contribution in [-0.2, 0) is 0 Å². The largest absolute Gasteiger partial charge is 0.494 e. The molecule has 4 rings (SSSR count). The van der Waals surface area contributed by atoms with E-state index in [1.165, 1.54) is 6.07 Å². The van der Waals surface area contributed by atoms with Crippen LogP contribution in [0, 0.1) is 0 Å². The number of carbonyl (C=O) groups is 1. The zero-order valence-electron chi connectivity index (χ0n) is 18.4. The minimum atomic E-state index is -0.359. The summed E-state index contributed by atoms with van der Waals surface area (Å²) in [5.74, 6) is 0.789. The number of fused-ring (bicyclic) bond motifs is 1. The SMILES string of the molecule is CCCOc1cccc(C(=O)N2CCN(CCNc3cc(=O)oc4ccccc34)CC2)c1. The van der Waals surface area contributed by atoms with Gasteiger partial charge in [0, 0.05) is 56.3 Å². The maximum Gasteiger partial charge on any atom is 0.338 e. The molecule has 0 saturated carbocycles. The van der Waals surface area contributed by atoms with Crippen LogP contribution in [-0.4, -0.2) is 61.6 Å². The average molecular weight is 436 g/mol. The fourth-order valence-corrected chi connectivity index (χ4v) is 3.90. The van der Waals surface area contributed by atoms with E-state index < -0.39 is 0 Å². The third-order valence-electron chi connectivity index (χ3n) is 5.61. The molecule has 1 aliphatic rings. The Morgan fingerprint density at radius 3 is 2.69 bits per heavy atom. The Bertz CT molecular complexity index is 1120. The summed E-state index contributed by atoms with van der Waals surface area (Å²) in [6.45, 7) is 7.26. The molecule has 0 radical (unpaired) electrons. The van der Waals surface area contributed by atoms with Gasteiger partial charge in [-0.05, 0) is 36.8 Å². The predicted molar refractivity (Wildman–Crippen MR) is 126 cm³/mol. The molecule has 7 nitrogen and oxygen atoms in total. The zero-order chi connectivity index (χ0) is 22.3. The minimum Gasteiger partial charge on any atom is -0.494 e. The summed E-state index contributed by atoms with van der Waals surface area (Å²) in [6.07, 6.45) is 0.933. The molecule has 1 aromatic heterocycles. The van der Waals surface area contributed by atoms with E-state index in [2.05, 4.69) is 17.1 Å². The summed E-state index contributed by atoms with van der Waals surface area (Å²) in [4.78, 5) is 28.9. The summed E-state index contributed by atoms with van der Waals surface area (Å²) in [6, 6.07) is 16.4. The second-order valence-corrected chi connectivity index (χ2v) is 7.91. The first-order valence-corrected chi connectivity index (χ1v) is 11.2. The summed E-state index contributed by atoms with van der Waals surface area (Å²) in [7, 11) is 0. The van der Waals surface area contributed by atoms with Crippen LogP contribution in [0.4, 0.5) is 5.69 Å². The highest BCUT2D eigenvalue weighted by molar-refractivity contribution is 5.94. The highest BCUT2D eigenvalue weighted by Gasteiger charge is 2.22. The van der Waals surface area contributed by atoms with E-state index in [0.29, 0.717) is 37.4 Å². The van der Waals surface area contributed by atoms with Gasteiger partial charge >= 0.3 is 5.63 Å². The number of rotatable bonds is 8. The summed E-state index contributed by atoms with van der Waals surface area (Å²) >= 11 is 0. The molecule has 1 aliphatic heterocycles. The number of anilines is 1. The van der Waals surface area contributed by atoms with Crippen LogP contribution in [0.2, 0.25) is 0 Å². The molecule has 1 N–H and O–H groups in total. The van der Waals surface area contributed by atoms with Crippen molar-refractivity contribution < 1.29 is 13.9 Å². The number of hydrogen-bond donors (Lipinski definition) is 1. The number of amides is 1. The van der Waals surface area contributed by atoms with Gasteiger partial charge in [0.05, 0.1) is 12.3 Å². The van der Waals surface area contributed by atoms with Crippen LogP contribution in [0.5, 0.6) is 5.75 Å². The summed E-state index contributed by atoms with van der Waals surface area (Å²) < 4.78 is 10.9. The first kappa shape index (κ1) is 21.9. The van der Waals surface area contributed by atoms with Crippen LogP contribution in [0.3, 0.4) is 0 Å². The Morgan fingerprint density at radius 1 is 1.06 bits per heavy atom. The van der Waals surface area contributed by atoms with Crippen LogP contribution >= 0.6 is 0 Å². The van der Waals surface area contributed by atoms with Crippen LogP contribution < -0.4 is 15.7 Å². The number of piperazine rings is 1. The molecule has 32 heavy (non-hydrogen) atoms. The first-order chi connectivity index (χ1) is 15.6. The van der Waals surface area contributed by atoms with Gasteiger partial charge < -0.3 is 19.4 Å². The van der Waals surface area contributed by atoms with Crippen molar-refractivity contribution in [3.63, 3.8) is 0 Å². The van der Waals surface area contributed by atoms with Gasteiger partial charge in [-0.2, -0.15) is 0 Å². The molecule has 0 unspecified atom stereocenters. The second-order valence-electron chi connectivity index (χ2n) is 7.91. The lowest BCUT2D eigenvalue weighted by molar-refractivity contribution is 0.0641. The van der Waals surface area contributed by atoms with Gasteiger partial charge in [-0.3, -0.25) is 9.69 Å². The molecule has 0 atom stereocenters. The maximum absolute atomic E-state index is 12.9. The Labute approximate surface area is 187 Å². The quantitative estimate of drug-likeness (QED) is 0.547. The number of carbonyl (C=O) groups excluding carboxylic acids is 1. The number of ether oxygens (including phenoxy) is 1. The van der Waals surface area contributed by atoms with Crippen LogP contribution in [0.25, 0.3) is 11.0 Å². The van der Waals surface area contributed by atoms with Crippen molar-refractivity contribution >= 4 is 22.6 Å². The normalized spacial score (nSPS) is 14.5. The fourth-order valence-electron chi connectivity index (χ4n) is 3.90. The first-order valence-electron chi connectivity index (χ1n) is 11.2. The Morgan fingerprint density at radius 2 is 1.88 bits per heavy atom. The van der Waals surface area contributed by atoms with E-state index in [-0.39, 0.29) is 11.5 Å². The van der Waals surface area contributed by atoms with E-state index in [9.17, 15) is 9.59 Å². The monoisotopic (exact) mass is 435 g/mol. The molecule has 0 aliphatic carbocycles. The Balaban J connectivity index is 1.28. The van der Waals surface area contributed by atoms with E-state index >= 15 is 0 Å². The smallest absolute Gasteiger partial charge is 0.338 e. The summed E-state index contributed by atoms with van der Waals surface area (Å²) in [5, 5.41) is 4.26. The third kappa shape index (κ3) is 5.29. The molecule has 1 fully saturated rings. The lowest BCUT2D eigenvalue weighted by atomic mass is 10.1. The van der Waals surface area contributed by atoms with Crippen LogP contribution in [0.1, 0.15) is 23.7 Å². The van der Waals surface area contributed by atoms with E-state index in [1.807, 2.05) is 47.4 Å². The Kier molecular flexibility index (Phi) is 7.07. The predicted octanol–water partition coefficient (Wildman–Crippen LogP) is 3.45. The van der Waals surface area contributed by atoms with E-state index in [0.717, 1.165) is 42.9 Å². The highest BCUT2D eigenvalue weighted by atomic mass is 16.5. The van der Waals surface area contributed by atoms with Crippen LogP contribution in [0.15, 0.2) is 63.8 Å². The van der Waals surface area contributed by atoms with Crippen molar-refractivity contribution in [1.82, 2.24) is 9.80 Å². The molecule has 2 aromatic carbocycles. The molecule has 0 bridgehead atoms. The van der Waals surface area contributed by atoms with Crippen molar-refractivity contribution in [2.75, 3.05) is 51.2 Å². The zero-order valence-corrected chi connectivity index (χ0v) is 18.4. The Hall–Kier alpha value is -3.32. The molecule has 3 aromatic rings. The van der Waals surface area contributed by atoms with Gasteiger partial charge in [-0.15, -0.1) is 0 Å². The molecular weight excluding hydrogens is 406 g/mol. The number of nitrogens with one attached hydrogen (secondary N) is 1.